The number of alkyl halides is 3. The molecule has 0 saturated carbocycles. The summed E-state index contributed by atoms with van der Waals surface area (Å²) in [4.78, 5) is 38.7. The number of hydrogen-bond donors (Lipinski definition) is 2. The van der Waals surface area contributed by atoms with Gasteiger partial charge < -0.3 is 24.4 Å². The fourth-order valence-corrected chi connectivity index (χ4v) is 4.06. The summed E-state index contributed by atoms with van der Waals surface area (Å²) in [5.41, 5.74) is -0.633. The number of rotatable bonds is 10. The Kier molecular flexibility index (Phi) is 9.80. The van der Waals surface area contributed by atoms with Crippen LogP contribution in [0.15, 0.2) is 89.5 Å². The third-order valence-corrected chi connectivity index (χ3v) is 6.61. The second-order valence-corrected chi connectivity index (χ2v) is 10.4. The number of carbonyl (C=O) groups is 3. The molecule has 10 nitrogen and oxygen atoms in total. The maximum absolute atomic E-state index is 13.4. The number of amides is 3. The normalized spacial score (nSPS) is 12.2. The first-order valence-corrected chi connectivity index (χ1v) is 13.8. The Hall–Kier alpha value is -5.33. The van der Waals surface area contributed by atoms with Crippen LogP contribution in [-0.2, 0) is 22.3 Å². The van der Waals surface area contributed by atoms with E-state index in [9.17, 15) is 32.7 Å². The molecule has 1 unspecified atom stereocenters. The largest absolute Gasteiger partial charge is 0.478 e. The van der Waals surface area contributed by atoms with E-state index in [1.807, 2.05) is 0 Å². The minimum Gasteiger partial charge on any atom is -0.478 e. The van der Waals surface area contributed by atoms with Gasteiger partial charge in [0.25, 0.3) is 0 Å². The van der Waals surface area contributed by atoms with E-state index in [2.05, 4.69) is 10.5 Å². The van der Waals surface area contributed by atoms with Gasteiger partial charge in [-0.2, -0.15) is 13.2 Å². The summed E-state index contributed by atoms with van der Waals surface area (Å²) < 4.78 is 55.5. The monoisotopic (exact) mass is 625 g/mol. The van der Waals surface area contributed by atoms with Gasteiger partial charge in [0.05, 0.1) is 12.1 Å². The second-order valence-electron chi connectivity index (χ2n) is 10.4. The third-order valence-electron chi connectivity index (χ3n) is 6.61. The van der Waals surface area contributed by atoms with E-state index in [1.54, 1.807) is 67.6 Å². The predicted octanol–water partition coefficient (Wildman–Crippen LogP) is 7.92. The van der Waals surface area contributed by atoms with Crippen LogP contribution >= 0.6 is 0 Å². The van der Waals surface area contributed by atoms with Crippen LogP contribution in [0.25, 0.3) is 11.3 Å². The summed E-state index contributed by atoms with van der Waals surface area (Å²) in [5, 5.41) is 15.8. The average Bonchev–Trinajstić information content (AvgIpc) is 3.49. The Bertz CT molecular complexity index is 1620. The summed E-state index contributed by atoms with van der Waals surface area (Å²) in [6.07, 6.45) is -6.24. The average molecular weight is 626 g/mol. The molecule has 1 atom stereocenters. The number of imide groups is 1. The number of ether oxygens (including phenoxy) is 2. The van der Waals surface area contributed by atoms with Gasteiger partial charge in [0.1, 0.15) is 11.4 Å². The van der Waals surface area contributed by atoms with Gasteiger partial charge in [-0.15, -0.1) is 0 Å². The van der Waals surface area contributed by atoms with Crippen LogP contribution in [0, 0.1) is 0 Å². The summed E-state index contributed by atoms with van der Waals surface area (Å²) in [6, 6.07) is 19.6. The first-order chi connectivity index (χ1) is 21.3. The van der Waals surface area contributed by atoms with Crippen molar-refractivity contribution in [2.75, 3.05) is 5.32 Å². The fourth-order valence-electron chi connectivity index (χ4n) is 4.06. The number of nitrogens with zero attached hydrogens (tertiary/aromatic N) is 2. The van der Waals surface area contributed by atoms with Crippen LogP contribution < -0.4 is 10.1 Å². The third kappa shape index (κ3) is 8.40. The number of urea groups is 1. The van der Waals surface area contributed by atoms with Crippen LogP contribution in [0.2, 0.25) is 0 Å². The maximum Gasteiger partial charge on any atom is 0.419 e. The van der Waals surface area contributed by atoms with E-state index >= 15 is 0 Å². The molecule has 0 aliphatic rings. The molecule has 4 aromatic rings. The molecule has 0 aliphatic carbocycles. The minimum absolute atomic E-state index is 0.0497. The van der Waals surface area contributed by atoms with Crippen LogP contribution in [0.1, 0.15) is 50.2 Å². The van der Waals surface area contributed by atoms with E-state index in [-0.39, 0.29) is 24.4 Å². The molecule has 0 bridgehead atoms. The SMILES string of the molecule is CCC(OC(=O)N(Cc1ccccc1)C(=O)Nc1ccc(C(F)(F)F)cc1)c1cc(-c2ccc(OC(C)(C)C(=O)O)cc2)no1. The predicted molar refractivity (Wildman–Crippen MR) is 156 cm³/mol. The van der Waals surface area contributed by atoms with Crippen molar-refractivity contribution in [3.05, 3.63) is 102 Å². The van der Waals surface area contributed by atoms with E-state index in [1.165, 1.54) is 13.8 Å². The Morgan fingerprint density at radius 3 is 2.20 bits per heavy atom. The molecule has 3 aromatic carbocycles. The number of aromatic nitrogens is 1. The highest BCUT2D eigenvalue weighted by Crippen LogP contribution is 2.31. The lowest BCUT2D eigenvalue weighted by molar-refractivity contribution is -0.152. The Labute approximate surface area is 256 Å². The zero-order valence-corrected chi connectivity index (χ0v) is 24.5. The van der Waals surface area contributed by atoms with Crippen molar-refractivity contribution in [3.8, 4) is 17.0 Å². The number of anilines is 1. The van der Waals surface area contributed by atoms with Crippen LogP contribution in [-0.4, -0.2) is 38.9 Å². The molecule has 236 valence electrons. The van der Waals surface area contributed by atoms with Crippen molar-refractivity contribution in [2.45, 2.75) is 51.6 Å². The standard InChI is InChI=1S/C32H30F3N3O7/c1-4-26(27-18-25(37-45-27)21-10-16-24(17-11-21)44-31(2,3)28(39)40)43-30(42)38(19-20-8-6-5-7-9-20)29(41)36-23-14-12-22(13-15-23)32(33,34)35/h5-18,26H,4,19H2,1-3H3,(H,36,41)(H,39,40). The van der Waals surface area contributed by atoms with Crippen molar-refractivity contribution in [1.29, 1.82) is 0 Å². The Morgan fingerprint density at radius 2 is 1.62 bits per heavy atom. The number of carboxylic acid groups (broad SMARTS) is 1. The summed E-state index contributed by atoms with van der Waals surface area (Å²) >= 11 is 0. The van der Waals surface area contributed by atoms with Crippen molar-refractivity contribution >= 4 is 23.8 Å². The summed E-state index contributed by atoms with van der Waals surface area (Å²) in [6.45, 7) is 4.41. The highest BCUT2D eigenvalue weighted by atomic mass is 19.4. The fraction of sp³-hybridized carbons (Fsp3) is 0.250. The molecule has 45 heavy (non-hydrogen) atoms. The molecule has 13 heteroatoms. The van der Waals surface area contributed by atoms with Crippen molar-refractivity contribution in [1.82, 2.24) is 10.1 Å². The van der Waals surface area contributed by atoms with E-state index in [4.69, 9.17) is 14.0 Å². The van der Waals surface area contributed by atoms with Gasteiger partial charge in [-0.05, 0) is 74.4 Å². The van der Waals surface area contributed by atoms with Crippen LogP contribution in [0.5, 0.6) is 5.75 Å². The molecule has 0 spiro atoms. The van der Waals surface area contributed by atoms with Crippen molar-refractivity contribution in [2.24, 2.45) is 0 Å². The molecule has 1 heterocycles. The van der Waals surface area contributed by atoms with Crippen LogP contribution in [0.4, 0.5) is 28.4 Å². The molecule has 1 aromatic heterocycles. The van der Waals surface area contributed by atoms with E-state index in [0.717, 1.165) is 29.2 Å². The van der Waals surface area contributed by atoms with Gasteiger partial charge in [-0.25, -0.2) is 19.3 Å². The number of nitrogens with one attached hydrogen (secondary N) is 1. The highest BCUT2D eigenvalue weighted by molar-refractivity contribution is 5.99. The second kappa shape index (κ2) is 13.5. The molecular weight excluding hydrogens is 595 g/mol. The number of carbonyl (C=O) groups excluding carboxylic acids is 2. The topological polar surface area (TPSA) is 131 Å². The molecule has 4 rings (SSSR count). The highest BCUT2D eigenvalue weighted by Gasteiger charge is 2.32. The molecule has 0 aliphatic heterocycles. The van der Waals surface area contributed by atoms with Gasteiger partial charge in [-0.1, -0.05) is 42.4 Å². The van der Waals surface area contributed by atoms with Gasteiger partial charge in [-0.3, -0.25) is 0 Å². The molecule has 2 N–H and O–H groups in total. The van der Waals surface area contributed by atoms with Crippen molar-refractivity contribution in [3.63, 3.8) is 0 Å². The van der Waals surface area contributed by atoms with Gasteiger partial charge in [0.15, 0.2) is 17.5 Å². The first kappa shape index (κ1) is 32.6. The molecule has 0 radical (unpaired) electrons. The zero-order valence-electron chi connectivity index (χ0n) is 24.5. The van der Waals surface area contributed by atoms with Gasteiger partial charge >= 0.3 is 24.3 Å². The van der Waals surface area contributed by atoms with Crippen molar-refractivity contribution < 1.29 is 46.7 Å². The lowest BCUT2D eigenvalue weighted by Crippen LogP contribution is -2.40. The van der Waals surface area contributed by atoms with Crippen LogP contribution in [0.3, 0.4) is 0 Å². The lowest BCUT2D eigenvalue weighted by atomic mass is 10.1. The number of benzene rings is 3. The quantitative estimate of drug-likeness (QED) is 0.182. The number of halogens is 3. The molecule has 0 fully saturated rings. The Morgan fingerprint density at radius 1 is 0.978 bits per heavy atom. The number of carboxylic acids is 1. The minimum atomic E-state index is -4.54. The zero-order chi connectivity index (χ0) is 32.8. The summed E-state index contributed by atoms with van der Waals surface area (Å²) in [5.74, 6) is -0.577. The Balaban J connectivity index is 1.49. The smallest absolute Gasteiger partial charge is 0.419 e. The number of aliphatic carboxylic acids is 1. The van der Waals surface area contributed by atoms with Gasteiger partial charge in [0, 0.05) is 17.3 Å². The molecular formula is C32H30F3N3O7. The first-order valence-electron chi connectivity index (χ1n) is 13.8. The molecule has 3 amide bonds. The van der Waals surface area contributed by atoms with E-state index in [0.29, 0.717) is 22.6 Å². The number of hydrogen-bond acceptors (Lipinski definition) is 7. The maximum atomic E-state index is 13.4. The van der Waals surface area contributed by atoms with E-state index < -0.39 is 41.5 Å². The summed E-state index contributed by atoms with van der Waals surface area (Å²) in [7, 11) is 0. The van der Waals surface area contributed by atoms with Gasteiger partial charge in [0.2, 0.25) is 0 Å². The lowest BCUT2D eigenvalue weighted by Gasteiger charge is -2.23. The molecule has 0 saturated heterocycles.